The van der Waals surface area contributed by atoms with Crippen LogP contribution >= 0.6 is 38.6 Å². The van der Waals surface area contributed by atoms with Crippen LogP contribution in [0, 0.1) is 0 Å². The van der Waals surface area contributed by atoms with Crippen LogP contribution < -0.4 is 0 Å². The van der Waals surface area contributed by atoms with Gasteiger partial charge in [0.15, 0.2) is 0 Å². The molecule has 2 aromatic heterocycles. The average molecular weight is 260 g/mol. The van der Waals surface area contributed by atoms with Crippen molar-refractivity contribution in [1.82, 2.24) is 4.98 Å². The molecule has 1 nitrogen and oxygen atoms in total. The van der Waals surface area contributed by atoms with Gasteiger partial charge in [0.1, 0.15) is 5.01 Å². The summed E-state index contributed by atoms with van der Waals surface area (Å²) in [4.78, 5) is 4.45. The zero-order valence-corrected chi connectivity index (χ0v) is 9.38. The normalized spacial score (nSPS) is 10.4. The van der Waals surface area contributed by atoms with Gasteiger partial charge >= 0.3 is 0 Å². The number of halogens is 1. The molecule has 0 radical (unpaired) electrons. The number of hydrogen-bond acceptors (Lipinski definition) is 3. The molecule has 0 spiro atoms. The molecule has 0 fully saturated rings. The zero-order valence-electron chi connectivity index (χ0n) is 6.16. The molecule has 0 amide bonds. The molecule has 2 aromatic rings. The maximum absolute atomic E-state index is 4.45. The predicted octanol–water partition coefficient (Wildman–Crippen LogP) is 3.77. The van der Waals surface area contributed by atoms with E-state index in [4.69, 9.17) is 0 Å². The Balaban J connectivity index is 2.35. The minimum Gasteiger partial charge on any atom is -0.240 e. The topological polar surface area (TPSA) is 12.9 Å². The molecule has 4 heteroatoms. The van der Waals surface area contributed by atoms with Gasteiger partial charge in [-0.2, -0.15) is 11.3 Å². The number of thiazole rings is 1. The van der Waals surface area contributed by atoms with Crippen molar-refractivity contribution in [2.24, 2.45) is 0 Å². The summed E-state index contributed by atoms with van der Waals surface area (Å²) < 4.78 is 0. The van der Waals surface area contributed by atoms with Gasteiger partial charge in [0.05, 0.1) is 5.69 Å². The van der Waals surface area contributed by atoms with Crippen molar-refractivity contribution >= 4 is 38.6 Å². The van der Waals surface area contributed by atoms with E-state index in [1.54, 1.807) is 22.7 Å². The first-order chi connectivity index (χ1) is 5.90. The van der Waals surface area contributed by atoms with Crippen molar-refractivity contribution in [1.29, 1.82) is 0 Å². The van der Waals surface area contributed by atoms with Crippen LogP contribution in [-0.2, 0) is 5.33 Å². The summed E-state index contributed by atoms with van der Waals surface area (Å²) >= 11 is 6.78. The molecule has 0 aliphatic rings. The fraction of sp³-hybridized carbons (Fsp3) is 0.125. The molecule has 0 unspecified atom stereocenters. The predicted molar refractivity (Wildman–Crippen MR) is 58.1 cm³/mol. The molecule has 0 aliphatic carbocycles. The summed E-state index contributed by atoms with van der Waals surface area (Å²) in [7, 11) is 0. The van der Waals surface area contributed by atoms with Gasteiger partial charge in [0.25, 0.3) is 0 Å². The Morgan fingerprint density at radius 1 is 1.42 bits per heavy atom. The van der Waals surface area contributed by atoms with E-state index in [0.29, 0.717) is 0 Å². The number of thiophene rings is 1. The summed E-state index contributed by atoms with van der Waals surface area (Å²) in [5.41, 5.74) is 2.35. The van der Waals surface area contributed by atoms with E-state index in [9.17, 15) is 0 Å². The largest absolute Gasteiger partial charge is 0.240 e. The molecular formula is C8H6BrNS2. The molecule has 0 bridgehead atoms. The Kier molecular flexibility index (Phi) is 2.58. The number of rotatable bonds is 2. The van der Waals surface area contributed by atoms with E-state index in [-0.39, 0.29) is 0 Å². The molecule has 0 saturated carbocycles. The van der Waals surface area contributed by atoms with Gasteiger partial charge in [-0.3, -0.25) is 0 Å². The fourth-order valence-corrected chi connectivity index (χ4v) is 2.92. The standard InChI is InChI=1S/C8H6BrNS2/c9-3-7-5-12-8(10-7)6-1-2-11-4-6/h1-2,4-5H,3H2. The average Bonchev–Trinajstić information content (AvgIpc) is 2.75. The van der Waals surface area contributed by atoms with Gasteiger partial charge in [-0.15, -0.1) is 11.3 Å². The SMILES string of the molecule is BrCc1csc(-c2ccsc2)n1. The second-order valence-corrected chi connectivity index (χ2v) is 4.49. The quantitative estimate of drug-likeness (QED) is 0.749. The lowest BCUT2D eigenvalue weighted by atomic mass is 10.4. The number of hydrogen-bond donors (Lipinski definition) is 0. The molecule has 62 valence electrons. The van der Waals surface area contributed by atoms with E-state index in [2.05, 4.69) is 43.1 Å². The molecule has 0 saturated heterocycles. The van der Waals surface area contributed by atoms with Crippen molar-refractivity contribution in [3.8, 4) is 10.6 Å². The minimum absolute atomic E-state index is 0.841. The highest BCUT2D eigenvalue weighted by Gasteiger charge is 2.02. The second-order valence-electron chi connectivity index (χ2n) is 2.29. The molecule has 0 aromatic carbocycles. The monoisotopic (exact) mass is 259 g/mol. The minimum atomic E-state index is 0.841. The van der Waals surface area contributed by atoms with E-state index in [1.165, 1.54) is 5.56 Å². The molecule has 0 N–H and O–H groups in total. The van der Waals surface area contributed by atoms with Gasteiger partial charge in [-0.05, 0) is 11.4 Å². The van der Waals surface area contributed by atoms with Crippen LogP contribution in [-0.4, -0.2) is 4.98 Å². The van der Waals surface area contributed by atoms with E-state index in [1.807, 2.05) is 0 Å². The number of aromatic nitrogens is 1. The number of nitrogens with zero attached hydrogens (tertiary/aromatic N) is 1. The van der Waals surface area contributed by atoms with Crippen molar-refractivity contribution in [2.75, 3.05) is 0 Å². The smallest absolute Gasteiger partial charge is 0.124 e. The molecule has 0 aliphatic heterocycles. The van der Waals surface area contributed by atoms with Gasteiger partial charge in [0, 0.05) is 21.7 Å². The third-order valence-electron chi connectivity index (χ3n) is 1.46. The third-order valence-corrected chi connectivity index (χ3v) is 3.65. The van der Waals surface area contributed by atoms with Crippen molar-refractivity contribution in [2.45, 2.75) is 5.33 Å². The Labute approximate surface area is 87.2 Å². The third kappa shape index (κ3) is 1.60. The van der Waals surface area contributed by atoms with E-state index < -0.39 is 0 Å². The van der Waals surface area contributed by atoms with Crippen LogP contribution in [0.3, 0.4) is 0 Å². The van der Waals surface area contributed by atoms with Gasteiger partial charge < -0.3 is 0 Å². The Morgan fingerprint density at radius 3 is 2.92 bits per heavy atom. The summed E-state index contributed by atoms with van der Waals surface area (Å²) in [6.45, 7) is 0. The Bertz CT molecular complexity index is 353. The number of alkyl halides is 1. The lowest BCUT2D eigenvalue weighted by molar-refractivity contribution is 1.25. The maximum Gasteiger partial charge on any atom is 0.124 e. The first-order valence-electron chi connectivity index (χ1n) is 3.43. The molecule has 2 heterocycles. The highest BCUT2D eigenvalue weighted by Crippen LogP contribution is 2.26. The maximum atomic E-state index is 4.45. The second kappa shape index (κ2) is 3.68. The van der Waals surface area contributed by atoms with E-state index >= 15 is 0 Å². The molecule has 2 rings (SSSR count). The van der Waals surface area contributed by atoms with Gasteiger partial charge in [0.2, 0.25) is 0 Å². The van der Waals surface area contributed by atoms with Crippen LogP contribution in [0.25, 0.3) is 10.6 Å². The highest BCUT2D eigenvalue weighted by atomic mass is 79.9. The van der Waals surface area contributed by atoms with Crippen LogP contribution in [0.5, 0.6) is 0 Å². The fourth-order valence-electron chi connectivity index (χ4n) is 0.887. The summed E-state index contributed by atoms with van der Waals surface area (Å²) in [5, 5.41) is 8.24. The first kappa shape index (κ1) is 8.41. The molecular weight excluding hydrogens is 254 g/mol. The molecule has 0 atom stereocenters. The van der Waals surface area contributed by atoms with Gasteiger partial charge in [-0.25, -0.2) is 4.98 Å². The Hall–Kier alpha value is -0.190. The van der Waals surface area contributed by atoms with Crippen molar-refractivity contribution < 1.29 is 0 Å². The Morgan fingerprint density at radius 2 is 2.33 bits per heavy atom. The highest BCUT2D eigenvalue weighted by molar-refractivity contribution is 9.08. The summed E-state index contributed by atoms with van der Waals surface area (Å²) in [6.07, 6.45) is 0. The van der Waals surface area contributed by atoms with Crippen molar-refractivity contribution in [3.63, 3.8) is 0 Å². The van der Waals surface area contributed by atoms with Crippen LogP contribution in [0.1, 0.15) is 5.69 Å². The summed E-state index contributed by atoms with van der Waals surface area (Å²) in [5.74, 6) is 0. The zero-order chi connectivity index (χ0) is 8.39. The lowest BCUT2D eigenvalue weighted by Gasteiger charge is -1.86. The first-order valence-corrected chi connectivity index (χ1v) is 6.37. The van der Waals surface area contributed by atoms with Crippen LogP contribution in [0.2, 0.25) is 0 Å². The summed E-state index contributed by atoms with van der Waals surface area (Å²) in [6, 6.07) is 2.10. The van der Waals surface area contributed by atoms with Gasteiger partial charge in [-0.1, -0.05) is 15.9 Å². The van der Waals surface area contributed by atoms with Crippen molar-refractivity contribution in [3.05, 3.63) is 27.9 Å². The molecule has 12 heavy (non-hydrogen) atoms. The lowest BCUT2D eigenvalue weighted by Crippen LogP contribution is -1.75. The van der Waals surface area contributed by atoms with Crippen LogP contribution in [0.4, 0.5) is 0 Å². The van der Waals surface area contributed by atoms with Crippen LogP contribution in [0.15, 0.2) is 22.2 Å². The van der Waals surface area contributed by atoms with E-state index in [0.717, 1.165) is 16.0 Å².